The average molecular weight is 280 g/mol. The monoisotopic (exact) mass is 280 g/mol. The van der Waals surface area contributed by atoms with E-state index in [2.05, 4.69) is 0 Å². The van der Waals surface area contributed by atoms with Crippen LogP contribution < -0.4 is 0 Å². The molecule has 0 amide bonds. The van der Waals surface area contributed by atoms with E-state index in [4.69, 9.17) is 4.74 Å². The summed E-state index contributed by atoms with van der Waals surface area (Å²) in [5.41, 5.74) is 1.14. The first-order valence-corrected chi connectivity index (χ1v) is 7.46. The number of benzene rings is 1. The summed E-state index contributed by atoms with van der Waals surface area (Å²) in [5.74, 6) is -0.784. The van der Waals surface area contributed by atoms with Crippen molar-refractivity contribution in [2.45, 2.75) is 32.1 Å². The highest BCUT2D eigenvalue weighted by molar-refractivity contribution is 8.00. The molecule has 0 fully saturated rings. The number of ether oxygens (including phenoxy) is 1. The van der Waals surface area contributed by atoms with E-state index in [1.807, 2.05) is 38.1 Å². The van der Waals surface area contributed by atoms with E-state index in [9.17, 15) is 9.59 Å². The molecule has 1 rings (SSSR count). The maximum atomic E-state index is 12.1. The molecule has 1 atom stereocenters. The number of rotatable bonds is 7. The summed E-state index contributed by atoms with van der Waals surface area (Å²) in [4.78, 5) is 24.8. The fraction of sp³-hybridized carbons (Fsp3) is 0.467. The van der Waals surface area contributed by atoms with Gasteiger partial charge in [0, 0.05) is 4.90 Å². The van der Waals surface area contributed by atoms with Crippen LogP contribution in [0.15, 0.2) is 29.2 Å². The Bertz CT molecular complexity index is 443. The van der Waals surface area contributed by atoms with Gasteiger partial charge in [-0.2, -0.15) is 0 Å². The summed E-state index contributed by atoms with van der Waals surface area (Å²) < 4.78 is 4.92. The Hall–Kier alpha value is -1.29. The van der Waals surface area contributed by atoms with Crippen LogP contribution in [0.2, 0.25) is 0 Å². The number of hydrogen-bond acceptors (Lipinski definition) is 4. The van der Waals surface area contributed by atoms with E-state index in [1.165, 1.54) is 11.8 Å². The molecule has 0 spiro atoms. The summed E-state index contributed by atoms with van der Waals surface area (Å²) in [6.07, 6.45) is 0.492. The molecule has 0 radical (unpaired) electrons. The second-order valence-corrected chi connectivity index (χ2v) is 5.25. The zero-order chi connectivity index (χ0) is 14.3. The quantitative estimate of drug-likeness (QED) is 0.437. The van der Waals surface area contributed by atoms with Crippen molar-refractivity contribution in [2.24, 2.45) is 5.92 Å². The van der Waals surface area contributed by atoms with Gasteiger partial charge < -0.3 is 4.74 Å². The van der Waals surface area contributed by atoms with Crippen LogP contribution in [0, 0.1) is 12.8 Å². The lowest BCUT2D eigenvalue weighted by Crippen LogP contribution is -2.27. The van der Waals surface area contributed by atoms with Gasteiger partial charge in [0.25, 0.3) is 0 Å². The molecule has 0 saturated heterocycles. The Labute approximate surface area is 118 Å². The topological polar surface area (TPSA) is 43.4 Å². The third-order valence-corrected chi connectivity index (χ3v) is 4.03. The van der Waals surface area contributed by atoms with Crippen LogP contribution in [0.5, 0.6) is 0 Å². The SMILES string of the molecule is CCOC(=O)C(CC)C(=O)CSc1ccccc1C. The van der Waals surface area contributed by atoms with Crippen LogP contribution >= 0.6 is 11.8 Å². The molecule has 0 aliphatic rings. The molecule has 4 heteroatoms. The van der Waals surface area contributed by atoms with Crippen molar-refractivity contribution in [2.75, 3.05) is 12.4 Å². The molecule has 0 aromatic heterocycles. The molecule has 104 valence electrons. The molecular weight excluding hydrogens is 260 g/mol. The molecule has 0 bridgehead atoms. The highest BCUT2D eigenvalue weighted by atomic mass is 32.2. The molecule has 0 heterocycles. The number of carbonyl (C=O) groups excluding carboxylic acids is 2. The minimum absolute atomic E-state index is 0.0609. The predicted octanol–water partition coefficient (Wildman–Crippen LogP) is 3.25. The van der Waals surface area contributed by atoms with Crippen LogP contribution in [-0.2, 0) is 14.3 Å². The van der Waals surface area contributed by atoms with Crippen molar-refractivity contribution >= 4 is 23.5 Å². The fourth-order valence-electron chi connectivity index (χ4n) is 1.74. The lowest BCUT2D eigenvalue weighted by Gasteiger charge is -2.12. The van der Waals surface area contributed by atoms with E-state index in [0.717, 1.165) is 10.5 Å². The summed E-state index contributed by atoms with van der Waals surface area (Å²) in [6, 6.07) is 7.91. The van der Waals surface area contributed by atoms with Crippen molar-refractivity contribution in [3.63, 3.8) is 0 Å². The van der Waals surface area contributed by atoms with Crippen LogP contribution in [0.1, 0.15) is 25.8 Å². The van der Waals surface area contributed by atoms with Gasteiger partial charge in [-0.05, 0) is 31.9 Å². The van der Waals surface area contributed by atoms with E-state index in [-0.39, 0.29) is 5.78 Å². The van der Waals surface area contributed by atoms with Gasteiger partial charge >= 0.3 is 5.97 Å². The van der Waals surface area contributed by atoms with Crippen molar-refractivity contribution < 1.29 is 14.3 Å². The normalized spacial score (nSPS) is 11.9. The summed E-state index contributed by atoms with van der Waals surface area (Å²) >= 11 is 1.48. The van der Waals surface area contributed by atoms with Crippen LogP contribution in [0.25, 0.3) is 0 Å². The maximum Gasteiger partial charge on any atom is 0.316 e. The second kappa shape index (κ2) is 8.00. The molecule has 0 aliphatic carbocycles. The number of Topliss-reactive ketones (excluding diaryl/α,β-unsaturated/α-hetero) is 1. The largest absolute Gasteiger partial charge is 0.465 e. The smallest absolute Gasteiger partial charge is 0.316 e. The summed E-state index contributed by atoms with van der Waals surface area (Å²) in [6.45, 7) is 5.90. The van der Waals surface area contributed by atoms with Crippen LogP contribution in [-0.4, -0.2) is 24.1 Å². The molecule has 19 heavy (non-hydrogen) atoms. The van der Waals surface area contributed by atoms with E-state index in [1.54, 1.807) is 6.92 Å². The first-order valence-electron chi connectivity index (χ1n) is 6.47. The number of esters is 1. The molecule has 1 aromatic carbocycles. The summed E-state index contributed by atoms with van der Waals surface area (Å²) in [7, 11) is 0. The molecular formula is C15H20O3S. The molecule has 1 aromatic rings. The minimum Gasteiger partial charge on any atom is -0.465 e. The zero-order valence-electron chi connectivity index (χ0n) is 11.6. The Morgan fingerprint density at radius 1 is 1.26 bits per heavy atom. The van der Waals surface area contributed by atoms with Gasteiger partial charge in [-0.15, -0.1) is 11.8 Å². The number of thioether (sulfide) groups is 1. The minimum atomic E-state index is -0.628. The molecule has 0 aliphatic heterocycles. The first kappa shape index (κ1) is 15.8. The van der Waals surface area contributed by atoms with E-state index in [0.29, 0.717) is 18.8 Å². The highest BCUT2D eigenvalue weighted by Crippen LogP contribution is 2.23. The van der Waals surface area contributed by atoms with Crippen LogP contribution in [0.4, 0.5) is 0 Å². The van der Waals surface area contributed by atoms with Gasteiger partial charge in [0.05, 0.1) is 12.4 Å². The van der Waals surface area contributed by atoms with Gasteiger partial charge in [-0.25, -0.2) is 0 Å². The van der Waals surface area contributed by atoms with Gasteiger partial charge in [-0.3, -0.25) is 9.59 Å². The van der Waals surface area contributed by atoms with Gasteiger partial charge in [-0.1, -0.05) is 25.1 Å². The van der Waals surface area contributed by atoms with Crippen LogP contribution in [0.3, 0.4) is 0 Å². The van der Waals surface area contributed by atoms with Gasteiger partial charge in [0.15, 0.2) is 5.78 Å². The predicted molar refractivity (Wildman–Crippen MR) is 77.3 cm³/mol. The maximum absolute atomic E-state index is 12.1. The lowest BCUT2D eigenvalue weighted by atomic mass is 10.0. The third-order valence-electron chi connectivity index (χ3n) is 2.83. The molecule has 0 saturated carbocycles. The van der Waals surface area contributed by atoms with E-state index < -0.39 is 11.9 Å². The number of ketones is 1. The summed E-state index contributed by atoms with van der Waals surface area (Å²) in [5, 5.41) is 0. The molecule has 1 unspecified atom stereocenters. The average Bonchev–Trinajstić information content (AvgIpc) is 2.39. The number of hydrogen-bond donors (Lipinski definition) is 0. The highest BCUT2D eigenvalue weighted by Gasteiger charge is 2.25. The standard InChI is InChI=1S/C15H20O3S/c1-4-12(15(17)18-5-2)13(16)10-19-14-9-7-6-8-11(14)3/h6-9,12H,4-5,10H2,1-3H3. The Morgan fingerprint density at radius 3 is 2.53 bits per heavy atom. The lowest BCUT2D eigenvalue weighted by molar-refractivity contribution is -0.151. The Kier molecular flexibility index (Phi) is 6.64. The van der Waals surface area contributed by atoms with Gasteiger partial charge in [0.2, 0.25) is 0 Å². The van der Waals surface area contributed by atoms with Crippen molar-refractivity contribution in [3.05, 3.63) is 29.8 Å². The second-order valence-electron chi connectivity index (χ2n) is 4.23. The molecule has 3 nitrogen and oxygen atoms in total. The van der Waals surface area contributed by atoms with Gasteiger partial charge in [0.1, 0.15) is 5.92 Å². The van der Waals surface area contributed by atoms with Crippen molar-refractivity contribution in [3.8, 4) is 0 Å². The van der Waals surface area contributed by atoms with Crippen molar-refractivity contribution in [1.29, 1.82) is 0 Å². The first-order chi connectivity index (χ1) is 9.10. The zero-order valence-corrected chi connectivity index (χ0v) is 12.5. The van der Waals surface area contributed by atoms with Crippen molar-refractivity contribution in [1.82, 2.24) is 0 Å². The molecule has 0 N–H and O–H groups in total. The van der Waals surface area contributed by atoms with E-state index >= 15 is 0 Å². The third kappa shape index (κ3) is 4.71. The fourth-order valence-corrected chi connectivity index (χ4v) is 2.71. The Morgan fingerprint density at radius 2 is 1.95 bits per heavy atom. The number of aryl methyl sites for hydroxylation is 1. The number of carbonyl (C=O) groups is 2. The Balaban J connectivity index is 2.59.